The third kappa shape index (κ3) is 5.24. The summed E-state index contributed by atoms with van der Waals surface area (Å²) in [5.74, 6) is 1.59. The molecule has 0 aliphatic carbocycles. The fraction of sp³-hybridized carbons (Fsp3) is 0.261. The lowest BCUT2D eigenvalue weighted by molar-refractivity contribution is -0.131. The van der Waals surface area contributed by atoms with E-state index >= 15 is 0 Å². The Morgan fingerprint density at radius 1 is 1.04 bits per heavy atom. The highest BCUT2D eigenvalue weighted by Crippen LogP contribution is 2.24. The number of hydrogen-bond acceptors (Lipinski definition) is 4. The molecule has 0 bridgehead atoms. The van der Waals surface area contributed by atoms with E-state index in [1.165, 1.54) is 0 Å². The number of rotatable bonds is 9. The molecule has 1 N–H and O–H groups in total. The fourth-order valence-electron chi connectivity index (χ4n) is 3.11. The predicted molar refractivity (Wildman–Crippen MR) is 109 cm³/mol. The highest BCUT2D eigenvalue weighted by Gasteiger charge is 2.18. The van der Waals surface area contributed by atoms with Gasteiger partial charge in [-0.3, -0.25) is 4.79 Å². The van der Waals surface area contributed by atoms with Gasteiger partial charge in [-0.15, -0.1) is 0 Å². The van der Waals surface area contributed by atoms with Crippen LogP contribution in [0.25, 0.3) is 0 Å². The summed E-state index contributed by atoms with van der Waals surface area (Å²) < 4.78 is 10.9. The maximum Gasteiger partial charge on any atom is 0.237 e. The van der Waals surface area contributed by atoms with Gasteiger partial charge in [0.15, 0.2) is 0 Å². The molecule has 1 atom stereocenters. The zero-order valence-corrected chi connectivity index (χ0v) is 16.3. The minimum absolute atomic E-state index is 0.0118. The molecule has 146 valence electrons. The molecule has 0 unspecified atom stereocenters. The van der Waals surface area contributed by atoms with Gasteiger partial charge in [-0.1, -0.05) is 48.5 Å². The maximum atomic E-state index is 13.0. The number of carbonyl (C=O) groups is 1. The molecular weight excluding hydrogens is 352 g/mol. The molecule has 0 radical (unpaired) electrons. The largest absolute Gasteiger partial charge is 0.496 e. The zero-order chi connectivity index (χ0) is 19.8. The summed E-state index contributed by atoms with van der Waals surface area (Å²) in [5.41, 5.74) is 2.11. The van der Waals surface area contributed by atoms with E-state index in [-0.39, 0.29) is 18.5 Å². The molecule has 28 heavy (non-hydrogen) atoms. The van der Waals surface area contributed by atoms with Crippen LogP contribution < -0.4 is 10.1 Å². The Hall–Kier alpha value is -3.05. The lowest BCUT2D eigenvalue weighted by Crippen LogP contribution is -2.38. The van der Waals surface area contributed by atoms with Crippen LogP contribution in [0.4, 0.5) is 0 Å². The van der Waals surface area contributed by atoms with Gasteiger partial charge in [0.05, 0.1) is 26.5 Å². The smallest absolute Gasteiger partial charge is 0.237 e. The Morgan fingerprint density at radius 2 is 1.79 bits per heavy atom. The Labute approximate surface area is 165 Å². The van der Waals surface area contributed by atoms with Gasteiger partial charge < -0.3 is 19.4 Å². The molecular formula is C23H26N2O3. The van der Waals surface area contributed by atoms with Crippen molar-refractivity contribution in [1.82, 2.24) is 10.2 Å². The first-order valence-corrected chi connectivity index (χ1v) is 9.37. The van der Waals surface area contributed by atoms with Gasteiger partial charge in [-0.25, -0.2) is 0 Å². The number of nitrogens with zero attached hydrogens (tertiary/aromatic N) is 1. The van der Waals surface area contributed by atoms with Gasteiger partial charge >= 0.3 is 0 Å². The van der Waals surface area contributed by atoms with Crippen molar-refractivity contribution in [2.75, 3.05) is 13.7 Å². The highest BCUT2D eigenvalue weighted by atomic mass is 16.5. The van der Waals surface area contributed by atoms with Crippen molar-refractivity contribution in [3.63, 3.8) is 0 Å². The van der Waals surface area contributed by atoms with Crippen molar-refractivity contribution in [1.29, 1.82) is 0 Å². The van der Waals surface area contributed by atoms with Crippen molar-refractivity contribution >= 4 is 5.91 Å². The van der Waals surface area contributed by atoms with E-state index in [4.69, 9.17) is 9.15 Å². The molecule has 0 fully saturated rings. The molecule has 0 saturated heterocycles. The lowest BCUT2D eigenvalue weighted by Gasteiger charge is -2.24. The van der Waals surface area contributed by atoms with Crippen LogP contribution in [-0.2, 0) is 17.9 Å². The van der Waals surface area contributed by atoms with Crippen LogP contribution in [0.5, 0.6) is 5.75 Å². The van der Waals surface area contributed by atoms with Crippen molar-refractivity contribution < 1.29 is 13.9 Å². The SMILES string of the molecule is COc1ccccc1[C@H](C)NCC(=O)N(Cc1ccccc1)Cc1ccco1. The number of ether oxygens (including phenoxy) is 1. The van der Waals surface area contributed by atoms with Crippen LogP contribution in [0.2, 0.25) is 0 Å². The van der Waals surface area contributed by atoms with Gasteiger partial charge in [0.2, 0.25) is 5.91 Å². The normalized spacial score (nSPS) is 11.8. The van der Waals surface area contributed by atoms with Crippen LogP contribution in [0.15, 0.2) is 77.4 Å². The monoisotopic (exact) mass is 378 g/mol. The summed E-state index contributed by atoms with van der Waals surface area (Å²) in [4.78, 5) is 14.8. The average Bonchev–Trinajstić information content (AvgIpc) is 3.25. The molecule has 3 rings (SSSR count). The van der Waals surface area contributed by atoms with E-state index in [9.17, 15) is 4.79 Å². The molecule has 5 heteroatoms. The van der Waals surface area contributed by atoms with Crippen molar-refractivity contribution in [2.45, 2.75) is 26.1 Å². The number of carbonyl (C=O) groups excluding carboxylic acids is 1. The number of methoxy groups -OCH3 is 1. The summed E-state index contributed by atoms with van der Waals surface area (Å²) in [6.07, 6.45) is 1.63. The highest BCUT2D eigenvalue weighted by molar-refractivity contribution is 5.78. The van der Waals surface area contributed by atoms with Crippen LogP contribution >= 0.6 is 0 Å². The minimum atomic E-state index is -0.0118. The Morgan fingerprint density at radius 3 is 2.50 bits per heavy atom. The molecule has 1 heterocycles. The Balaban J connectivity index is 1.66. The van der Waals surface area contributed by atoms with Crippen LogP contribution in [0.1, 0.15) is 29.9 Å². The first kappa shape index (κ1) is 19.7. The molecule has 0 saturated carbocycles. The average molecular weight is 378 g/mol. The second-order valence-corrected chi connectivity index (χ2v) is 6.66. The van der Waals surface area contributed by atoms with Gasteiger partial charge in [0.25, 0.3) is 0 Å². The Kier molecular flexibility index (Phi) is 6.87. The number of para-hydroxylation sites is 1. The third-order valence-electron chi connectivity index (χ3n) is 4.66. The molecule has 2 aromatic carbocycles. The topological polar surface area (TPSA) is 54.7 Å². The van der Waals surface area contributed by atoms with Crippen molar-refractivity contribution in [3.05, 3.63) is 89.9 Å². The third-order valence-corrected chi connectivity index (χ3v) is 4.66. The standard InChI is InChI=1S/C23H26N2O3/c1-18(21-12-6-7-13-22(21)27-2)24-15-23(26)25(17-20-11-8-14-28-20)16-19-9-4-3-5-10-19/h3-14,18,24H,15-17H2,1-2H3/t18-/m0/s1. The first-order valence-electron chi connectivity index (χ1n) is 9.37. The van der Waals surface area contributed by atoms with E-state index < -0.39 is 0 Å². The van der Waals surface area contributed by atoms with Crippen LogP contribution in [0, 0.1) is 0 Å². The second kappa shape index (κ2) is 9.76. The molecule has 1 amide bonds. The molecule has 0 aliphatic heterocycles. The Bertz CT molecular complexity index is 863. The van der Waals surface area contributed by atoms with Crippen molar-refractivity contribution in [3.8, 4) is 5.75 Å². The summed E-state index contributed by atoms with van der Waals surface area (Å²) in [6.45, 7) is 3.22. The minimum Gasteiger partial charge on any atom is -0.496 e. The van der Waals surface area contributed by atoms with Crippen molar-refractivity contribution in [2.24, 2.45) is 0 Å². The first-order chi connectivity index (χ1) is 13.7. The summed E-state index contributed by atoms with van der Waals surface area (Å²) in [6, 6.07) is 21.5. The quantitative estimate of drug-likeness (QED) is 0.607. The number of hydrogen-bond donors (Lipinski definition) is 1. The summed E-state index contributed by atoms with van der Waals surface area (Å²) in [5, 5.41) is 3.32. The zero-order valence-electron chi connectivity index (χ0n) is 16.3. The number of furan rings is 1. The fourth-order valence-corrected chi connectivity index (χ4v) is 3.11. The maximum absolute atomic E-state index is 13.0. The molecule has 0 aliphatic rings. The van der Waals surface area contributed by atoms with Crippen LogP contribution in [-0.4, -0.2) is 24.5 Å². The van der Waals surface area contributed by atoms with Gasteiger partial charge in [-0.2, -0.15) is 0 Å². The molecule has 5 nitrogen and oxygen atoms in total. The number of nitrogens with one attached hydrogen (secondary N) is 1. The second-order valence-electron chi connectivity index (χ2n) is 6.66. The van der Waals surface area contributed by atoms with Gasteiger partial charge in [0, 0.05) is 18.2 Å². The van der Waals surface area contributed by atoms with Gasteiger partial charge in [-0.05, 0) is 30.7 Å². The molecule has 0 spiro atoms. The molecule has 1 aromatic heterocycles. The lowest BCUT2D eigenvalue weighted by atomic mass is 10.1. The van der Waals surface area contributed by atoms with Gasteiger partial charge in [0.1, 0.15) is 11.5 Å². The van der Waals surface area contributed by atoms with E-state index in [2.05, 4.69) is 5.32 Å². The van der Waals surface area contributed by atoms with E-state index in [1.807, 2.05) is 73.7 Å². The van der Waals surface area contributed by atoms with E-state index in [1.54, 1.807) is 18.3 Å². The summed E-state index contributed by atoms with van der Waals surface area (Å²) >= 11 is 0. The molecule has 3 aromatic rings. The van der Waals surface area contributed by atoms with Crippen LogP contribution in [0.3, 0.4) is 0 Å². The summed E-state index contributed by atoms with van der Waals surface area (Å²) in [7, 11) is 1.65. The van der Waals surface area contributed by atoms with E-state index in [0.717, 1.165) is 22.6 Å². The van der Waals surface area contributed by atoms with E-state index in [0.29, 0.717) is 13.1 Å². The number of amides is 1. The predicted octanol–water partition coefficient (Wildman–Crippen LogP) is 4.17. The number of benzene rings is 2.